The third-order valence-electron chi connectivity index (χ3n) is 3.69. The Bertz CT molecular complexity index is 755. The number of benzene rings is 1. The lowest BCUT2D eigenvalue weighted by molar-refractivity contribution is -0.0702. The minimum absolute atomic E-state index is 0.525. The monoisotopic (exact) mass is 371 g/mol. The van der Waals surface area contributed by atoms with Gasteiger partial charge in [-0.15, -0.1) is 11.3 Å². The second-order valence-corrected chi connectivity index (χ2v) is 7.32. The number of rotatable bonds is 5. The van der Waals surface area contributed by atoms with E-state index in [1.165, 1.54) is 11.3 Å². The molecule has 5 nitrogen and oxygen atoms in total. The van der Waals surface area contributed by atoms with Gasteiger partial charge in [-0.25, -0.2) is 4.79 Å². The van der Waals surface area contributed by atoms with E-state index in [9.17, 15) is 10.0 Å². The van der Waals surface area contributed by atoms with Crippen molar-refractivity contribution in [2.24, 2.45) is 5.73 Å². The summed E-state index contributed by atoms with van der Waals surface area (Å²) in [6, 6.07) is 6.28. The van der Waals surface area contributed by atoms with Crippen LogP contribution in [-0.4, -0.2) is 20.9 Å². The predicted molar refractivity (Wildman–Crippen MR) is 94.7 cm³/mol. The zero-order valence-corrected chi connectivity index (χ0v) is 15.2. The molecule has 3 N–H and O–H groups in total. The van der Waals surface area contributed by atoms with E-state index in [2.05, 4.69) is 0 Å². The Labute approximate surface area is 148 Å². The van der Waals surface area contributed by atoms with E-state index in [4.69, 9.17) is 29.6 Å². The molecule has 0 radical (unpaired) electrons. The molecule has 0 bridgehead atoms. The van der Waals surface area contributed by atoms with Gasteiger partial charge in [0.15, 0.2) is 3.95 Å². The molecular weight excluding hydrogens is 354 g/mol. The number of amides is 2. The van der Waals surface area contributed by atoms with Crippen LogP contribution in [0, 0.1) is 10.9 Å². The lowest BCUT2D eigenvalue weighted by Gasteiger charge is -2.20. The predicted octanol–water partition coefficient (Wildman–Crippen LogP) is 4.31. The number of carbonyl (C=O) groups is 1. The van der Waals surface area contributed by atoms with Crippen molar-refractivity contribution in [1.82, 2.24) is 9.63 Å². The molecule has 2 amide bonds. The van der Waals surface area contributed by atoms with E-state index in [0.717, 1.165) is 29.1 Å². The summed E-state index contributed by atoms with van der Waals surface area (Å²) in [5.74, 6) is 0. The highest BCUT2D eigenvalue weighted by molar-refractivity contribution is 7.73. The number of hydrogen-bond donors (Lipinski definition) is 2. The number of hydrogen-bond acceptors (Lipinski definition) is 4. The molecule has 1 aromatic carbocycles. The minimum atomic E-state index is -0.885. The molecule has 0 aliphatic heterocycles. The number of primary amides is 1. The molecule has 1 aromatic heterocycles. The van der Waals surface area contributed by atoms with Crippen LogP contribution in [0.3, 0.4) is 0 Å². The third-order valence-corrected chi connectivity index (χ3v) is 5.66. The summed E-state index contributed by atoms with van der Waals surface area (Å²) in [6.45, 7) is 4.36. The molecule has 23 heavy (non-hydrogen) atoms. The van der Waals surface area contributed by atoms with Gasteiger partial charge in [-0.3, -0.25) is 5.21 Å². The molecule has 2 rings (SSSR count). The van der Waals surface area contributed by atoms with E-state index in [-0.39, 0.29) is 0 Å². The number of nitrogens with zero attached hydrogens (tertiary/aromatic N) is 2. The third kappa shape index (κ3) is 4.11. The molecule has 1 heterocycles. The maximum absolute atomic E-state index is 11.1. The number of aromatic nitrogens is 1. The zero-order chi connectivity index (χ0) is 17.1. The van der Waals surface area contributed by atoms with Gasteiger partial charge in [-0.05, 0) is 50.2 Å². The van der Waals surface area contributed by atoms with E-state index < -0.39 is 12.1 Å². The Morgan fingerprint density at radius 1 is 1.48 bits per heavy atom. The smallest absolute Gasteiger partial charge is 0.339 e. The first-order chi connectivity index (χ1) is 10.8. The lowest BCUT2D eigenvalue weighted by atomic mass is 10.1. The summed E-state index contributed by atoms with van der Waals surface area (Å²) in [6.07, 6.45) is 0.815. The average molecular weight is 372 g/mol. The quantitative estimate of drug-likeness (QED) is 0.467. The second kappa shape index (κ2) is 7.44. The van der Waals surface area contributed by atoms with Crippen LogP contribution in [0.4, 0.5) is 4.79 Å². The molecule has 0 saturated carbocycles. The molecule has 0 aliphatic rings. The lowest BCUT2D eigenvalue weighted by Crippen LogP contribution is -2.34. The summed E-state index contributed by atoms with van der Waals surface area (Å²) in [5, 5.41) is 11.0. The van der Waals surface area contributed by atoms with Gasteiger partial charge in [0, 0.05) is 17.3 Å². The summed E-state index contributed by atoms with van der Waals surface area (Å²) >= 11 is 12.7. The molecule has 0 spiro atoms. The number of halogens is 1. The van der Waals surface area contributed by atoms with Gasteiger partial charge in [0.2, 0.25) is 0 Å². The maximum atomic E-state index is 11.1. The fraction of sp³-hybridized carbons (Fsp3) is 0.333. The fourth-order valence-corrected chi connectivity index (χ4v) is 4.01. The number of nitrogens with two attached hydrogens (primary N) is 1. The number of aryl methyl sites for hydroxylation is 1. The fourth-order valence-electron chi connectivity index (χ4n) is 2.33. The van der Waals surface area contributed by atoms with Crippen molar-refractivity contribution >= 4 is 41.2 Å². The van der Waals surface area contributed by atoms with Crippen molar-refractivity contribution in [3.05, 3.63) is 49.4 Å². The Kier molecular flexibility index (Phi) is 5.80. The van der Waals surface area contributed by atoms with Crippen LogP contribution in [0.1, 0.15) is 29.1 Å². The van der Waals surface area contributed by atoms with Crippen molar-refractivity contribution in [1.29, 1.82) is 0 Å². The largest absolute Gasteiger partial charge is 0.350 e. The molecule has 8 heteroatoms. The van der Waals surface area contributed by atoms with Gasteiger partial charge >= 0.3 is 6.03 Å². The highest BCUT2D eigenvalue weighted by atomic mass is 35.5. The minimum Gasteiger partial charge on any atom is -0.350 e. The standard InChI is InChI=1S/C15H18ClN3O2S2/c1-9-13(10(2)19(21)14(17)20)23-15(22)18(9)8-7-11-3-5-12(16)6-4-11/h3-6,10,21H,7-8H2,1-2H3,(H2,17,20). The zero-order valence-electron chi connectivity index (χ0n) is 12.8. The SMILES string of the molecule is Cc1c(C(C)N(O)C(N)=O)sc(=S)n1CCc1ccc(Cl)cc1. The van der Waals surface area contributed by atoms with E-state index in [1.807, 2.05) is 35.8 Å². The molecule has 0 aliphatic carbocycles. The first-order valence-corrected chi connectivity index (χ1v) is 8.63. The van der Waals surface area contributed by atoms with E-state index in [0.29, 0.717) is 14.0 Å². The highest BCUT2D eigenvalue weighted by Gasteiger charge is 2.22. The van der Waals surface area contributed by atoms with Gasteiger partial charge in [-0.1, -0.05) is 23.7 Å². The van der Waals surface area contributed by atoms with Crippen molar-refractivity contribution in [3.8, 4) is 0 Å². The van der Waals surface area contributed by atoms with Gasteiger partial charge in [0.05, 0.1) is 10.9 Å². The molecular formula is C15H18ClN3O2S2. The Morgan fingerprint density at radius 2 is 2.09 bits per heavy atom. The first-order valence-electron chi connectivity index (χ1n) is 7.03. The van der Waals surface area contributed by atoms with Crippen LogP contribution in [0.2, 0.25) is 5.02 Å². The second-order valence-electron chi connectivity index (χ2n) is 5.20. The number of urea groups is 1. The molecule has 1 atom stereocenters. The van der Waals surface area contributed by atoms with E-state index in [1.54, 1.807) is 6.92 Å². The van der Waals surface area contributed by atoms with Crippen molar-refractivity contribution in [3.63, 3.8) is 0 Å². The van der Waals surface area contributed by atoms with Crippen molar-refractivity contribution in [2.45, 2.75) is 32.9 Å². The summed E-state index contributed by atoms with van der Waals surface area (Å²) < 4.78 is 2.71. The van der Waals surface area contributed by atoms with E-state index >= 15 is 0 Å². The molecule has 0 saturated heterocycles. The Balaban J connectivity index is 2.19. The summed E-state index contributed by atoms with van der Waals surface area (Å²) in [7, 11) is 0. The van der Waals surface area contributed by atoms with Crippen LogP contribution in [0.5, 0.6) is 0 Å². The van der Waals surface area contributed by atoms with Crippen LogP contribution >= 0.6 is 35.2 Å². The molecule has 124 valence electrons. The normalized spacial score (nSPS) is 12.2. The van der Waals surface area contributed by atoms with Crippen LogP contribution in [-0.2, 0) is 13.0 Å². The Morgan fingerprint density at radius 3 is 2.65 bits per heavy atom. The highest BCUT2D eigenvalue weighted by Crippen LogP contribution is 2.29. The summed E-state index contributed by atoms with van der Waals surface area (Å²) in [4.78, 5) is 11.9. The maximum Gasteiger partial charge on any atom is 0.339 e. The number of hydroxylamine groups is 2. The van der Waals surface area contributed by atoms with Gasteiger partial charge in [0.25, 0.3) is 0 Å². The van der Waals surface area contributed by atoms with Crippen LogP contribution in [0.15, 0.2) is 24.3 Å². The van der Waals surface area contributed by atoms with Gasteiger partial charge < -0.3 is 10.3 Å². The average Bonchev–Trinajstić information content (AvgIpc) is 2.80. The van der Waals surface area contributed by atoms with Crippen molar-refractivity contribution < 1.29 is 10.0 Å². The molecule has 1 unspecified atom stereocenters. The Hall–Kier alpha value is -1.41. The molecule has 2 aromatic rings. The van der Waals surface area contributed by atoms with Crippen LogP contribution in [0.25, 0.3) is 0 Å². The summed E-state index contributed by atoms with van der Waals surface area (Å²) in [5.41, 5.74) is 7.21. The first kappa shape index (κ1) is 17.9. The number of carbonyl (C=O) groups excluding carboxylic acids is 1. The molecule has 0 fully saturated rings. The van der Waals surface area contributed by atoms with Crippen LogP contribution < -0.4 is 5.73 Å². The topological polar surface area (TPSA) is 71.5 Å². The van der Waals surface area contributed by atoms with Gasteiger partial charge in [-0.2, -0.15) is 5.06 Å². The van der Waals surface area contributed by atoms with Gasteiger partial charge in [0.1, 0.15) is 0 Å². The number of thiazole rings is 1. The van der Waals surface area contributed by atoms with Crippen molar-refractivity contribution in [2.75, 3.05) is 0 Å².